The second kappa shape index (κ2) is 6.40. The average molecular weight is 233 g/mol. The normalized spacial score (nSPS) is 19.2. The van der Waals surface area contributed by atoms with E-state index in [0.717, 1.165) is 19.4 Å². The van der Waals surface area contributed by atoms with Gasteiger partial charge in [0.05, 0.1) is 13.0 Å². The highest BCUT2D eigenvalue weighted by molar-refractivity contribution is 5.70. The largest absolute Gasteiger partial charge is 0.465 e. The van der Waals surface area contributed by atoms with Gasteiger partial charge in [-0.1, -0.05) is 30.3 Å². The van der Waals surface area contributed by atoms with Crippen LogP contribution >= 0.6 is 0 Å². The molecule has 1 aliphatic rings. The van der Waals surface area contributed by atoms with E-state index >= 15 is 0 Å². The first-order chi connectivity index (χ1) is 8.34. The van der Waals surface area contributed by atoms with E-state index in [1.165, 1.54) is 12.0 Å². The Morgan fingerprint density at radius 3 is 2.88 bits per heavy atom. The molecule has 17 heavy (non-hydrogen) atoms. The number of nitrogens with one attached hydrogen (secondary N) is 1. The zero-order valence-electron chi connectivity index (χ0n) is 10.0. The van der Waals surface area contributed by atoms with Crippen molar-refractivity contribution in [3.63, 3.8) is 0 Å². The summed E-state index contributed by atoms with van der Waals surface area (Å²) in [7, 11) is 0. The van der Waals surface area contributed by atoms with Crippen molar-refractivity contribution in [1.29, 1.82) is 0 Å². The maximum absolute atomic E-state index is 11.5. The van der Waals surface area contributed by atoms with Gasteiger partial charge in [-0.05, 0) is 24.9 Å². The van der Waals surface area contributed by atoms with Crippen LogP contribution in [0.2, 0.25) is 0 Å². The van der Waals surface area contributed by atoms with Gasteiger partial charge in [-0.15, -0.1) is 0 Å². The van der Waals surface area contributed by atoms with Crippen LogP contribution in [0, 0.1) is 0 Å². The van der Waals surface area contributed by atoms with Crippen molar-refractivity contribution >= 4 is 5.97 Å². The predicted molar refractivity (Wildman–Crippen MR) is 66.7 cm³/mol. The molecule has 3 heteroatoms. The van der Waals surface area contributed by atoms with Crippen molar-refractivity contribution in [1.82, 2.24) is 5.32 Å². The van der Waals surface area contributed by atoms with E-state index in [2.05, 4.69) is 5.32 Å². The highest BCUT2D eigenvalue weighted by atomic mass is 16.5. The third kappa shape index (κ3) is 4.19. The van der Waals surface area contributed by atoms with Crippen molar-refractivity contribution < 1.29 is 9.53 Å². The molecule has 1 aliphatic heterocycles. The Morgan fingerprint density at radius 1 is 1.35 bits per heavy atom. The molecular formula is C14H19NO2. The lowest BCUT2D eigenvalue weighted by Crippen LogP contribution is -2.25. The third-order valence-corrected chi connectivity index (χ3v) is 3.07. The number of carbonyl (C=O) groups is 1. The minimum Gasteiger partial charge on any atom is -0.465 e. The van der Waals surface area contributed by atoms with E-state index < -0.39 is 0 Å². The molecule has 92 valence electrons. The smallest absolute Gasteiger partial charge is 0.307 e. The van der Waals surface area contributed by atoms with Gasteiger partial charge in [-0.3, -0.25) is 4.79 Å². The molecule has 0 aromatic heterocycles. The minimum atomic E-state index is -0.0830. The Balaban J connectivity index is 1.63. The van der Waals surface area contributed by atoms with Crippen LogP contribution in [0.15, 0.2) is 30.3 Å². The lowest BCUT2D eigenvalue weighted by Gasteiger charge is -2.09. The van der Waals surface area contributed by atoms with Gasteiger partial charge in [0, 0.05) is 12.5 Å². The Kier molecular flexibility index (Phi) is 4.56. The fourth-order valence-electron chi connectivity index (χ4n) is 2.12. The molecule has 1 heterocycles. The van der Waals surface area contributed by atoms with Gasteiger partial charge in [-0.2, -0.15) is 0 Å². The number of carbonyl (C=O) groups excluding carboxylic acids is 1. The van der Waals surface area contributed by atoms with Crippen molar-refractivity contribution in [2.45, 2.75) is 31.7 Å². The quantitative estimate of drug-likeness (QED) is 0.790. The number of hydrogen-bond donors (Lipinski definition) is 1. The van der Waals surface area contributed by atoms with E-state index in [0.29, 0.717) is 19.1 Å². The number of esters is 1. The van der Waals surface area contributed by atoms with Crippen LogP contribution in [0.4, 0.5) is 0 Å². The van der Waals surface area contributed by atoms with Crippen LogP contribution in [0.5, 0.6) is 0 Å². The van der Waals surface area contributed by atoms with Gasteiger partial charge in [0.2, 0.25) is 0 Å². The van der Waals surface area contributed by atoms with Gasteiger partial charge in [0.1, 0.15) is 0 Å². The van der Waals surface area contributed by atoms with Crippen LogP contribution < -0.4 is 5.32 Å². The zero-order chi connectivity index (χ0) is 11.9. The Hall–Kier alpha value is -1.35. The van der Waals surface area contributed by atoms with Crippen LogP contribution in [0.3, 0.4) is 0 Å². The molecule has 1 N–H and O–H groups in total. The number of benzene rings is 1. The summed E-state index contributed by atoms with van der Waals surface area (Å²) in [4.78, 5) is 11.5. The first-order valence-corrected chi connectivity index (χ1v) is 6.27. The fourth-order valence-corrected chi connectivity index (χ4v) is 2.12. The summed E-state index contributed by atoms with van der Waals surface area (Å²) in [5.41, 5.74) is 1.21. The molecule has 0 bridgehead atoms. The first-order valence-electron chi connectivity index (χ1n) is 6.27. The second-order valence-electron chi connectivity index (χ2n) is 4.45. The molecule has 0 radical (unpaired) electrons. The SMILES string of the molecule is O=C(CC1CCCN1)OCCc1ccccc1. The van der Waals surface area contributed by atoms with E-state index in [4.69, 9.17) is 4.74 Å². The van der Waals surface area contributed by atoms with Crippen LogP contribution in [-0.2, 0) is 16.0 Å². The molecule has 0 amide bonds. The molecule has 1 unspecified atom stereocenters. The Bertz CT molecular complexity index is 344. The summed E-state index contributed by atoms with van der Waals surface area (Å²) < 4.78 is 5.23. The van der Waals surface area contributed by atoms with Gasteiger partial charge in [0.15, 0.2) is 0 Å². The van der Waals surface area contributed by atoms with Gasteiger partial charge >= 0.3 is 5.97 Å². The second-order valence-corrected chi connectivity index (χ2v) is 4.45. The first kappa shape index (κ1) is 12.1. The van der Waals surface area contributed by atoms with Gasteiger partial charge in [-0.25, -0.2) is 0 Å². The molecule has 1 fully saturated rings. The molecule has 0 spiro atoms. The van der Waals surface area contributed by atoms with Crippen molar-refractivity contribution in [2.24, 2.45) is 0 Å². The molecule has 0 aliphatic carbocycles. The van der Waals surface area contributed by atoms with Gasteiger partial charge in [0.25, 0.3) is 0 Å². The predicted octanol–water partition coefficient (Wildman–Crippen LogP) is 1.91. The minimum absolute atomic E-state index is 0.0830. The molecule has 1 atom stereocenters. The average Bonchev–Trinajstić information content (AvgIpc) is 2.83. The van der Waals surface area contributed by atoms with Crippen LogP contribution in [0.25, 0.3) is 0 Å². The van der Waals surface area contributed by atoms with E-state index in [-0.39, 0.29) is 5.97 Å². The summed E-state index contributed by atoms with van der Waals surface area (Å²) in [6, 6.07) is 10.4. The number of hydrogen-bond acceptors (Lipinski definition) is 3. The van der Waals surface area contributed by atoms with Crippen molar-refractivity contribution in [2.75, 3.05) is 13.2 Å². The summed E-state index contributed by atoms with van der Waals surface area (Å²) in [6.07, 6.45) is 3.56. The molecule has 1 saturated heterocycles. The maximum Gasteiger partial charge on any atom is 0.307 e. The fraction of sp³-hybridized carbons (Fsp3) is 0.500. The third-order valence-electron chi connectivity index (χ3n) is 3.07. The van der Waals surface area contributed by atoms with E-state index in [1.54, 1.807) is 0 Å². The molecule has 2 rings (SSSR count). The van der Waals surface area contributed by atoms with Crippen molar-refractivity contribution in [3.05, 3.63) is 35.9 Å². The molecule has 0 saturated carbocycles. The van der Waals surface area contributed by atoms with Crippen molar-refractivity contribution in [3.8, 4) is 0 Å². The molecule has 1 aromatic rings. The Labute approximate surface area is 102 Å². The summed E-state index contributed by atoms with van der Waals surface area (Å²) in [5, 5.41) is 3.29. The lowest BCUT2D eigenvalue weighted by molar-refractivity contribution is -0.144. The molecule has 3 nitrogen and oxygen atoms in total. The summed E-state index contributed by atoms with van der Waals surface area (Å²) in [6.45, 7) is 1.51. The zero-order valence-corrected chi connectivity index (χ0v) is 10.0. The molecular weight excluding hydrogens is 214 g/mol. The maximum atomic E-state index is 11.5. The summed E-state index contributed by atoms with van der Waals surface area (Å²) in [5.74, 6) is -0.0830. The lowest BCUT2D eigenvalue weighted by atomic mass is 10.1. The number of rotatable bonds is 5. The highest BCUT2D eigenvalue weighted by Crippen LogP contribution is 2.09. The standard InChI is InChI=1S/C14H19NO2/c16-14(11-13-7-4-9-15-13)17-10-8-12-5-2-1-3-6-12/h1-3,5-6,13,15H,4,7-11H2. The topological polar surface area (TPSA) is 38.3 Å². The number of ether oxygens (including phenoxy) is 1. The van der Waals surface area contributed by atoms with Crippen LogP contribution in [-0.4, -0.2) is 25.2 Å². The van der Waals surface area contributed by atoms with E-state index in [9.17, 15) is 4.79 Å². The monoisotopic (exact) mass is 233 g/mol. The summed E-state index contributed by atoms with van der Waals surface area (Å²) >= 11 is 0. The Morgan fingerprint density at radius 2 is 2.18 bits per heavy atom. The highest BCUT2D eigenvalue weighted by Gasteiger charge is 2.18. The van der Waals surface area contributed by atoms with Crippen LogP contribution in [0.1, 0.15) is 24.8 Å². The molecule has 1 aromatic carbocycles. The van der Waals surface area contributed by atoms with E-state index in [1.807, 2.05) is 30.3 Å². The van der Waals surface area contributed by atoms with Gasteiger partial charge < -0.3 is 10.1 Å².